The number of hydrogen-bond donors (Lipinski definition) is 2. The number of ether oxygens (including phenoxy) is 3. The molecule has 114 valence electrons. The minimum atomic E-state index is -0.652. The third-order valence-electron chi connectivity index (χ3n) is 2.68. The summed E-state index contributed by atoms with van der Waals surface area (Å²) in [5.74, 6) is 1.40. The van der Waals surface area contributed by atoms with Crippen molar-refractivity contribution in [2.24, 2.45) is 5.73 Å². The van der Waals surface area contributed by atoms with Gasteiger partial charge in [-0.3, -0.25) is 0 Å². The molecular weight excluding hydrogens is 258 g/mol. The van der Waals surface area contributed by atoms with Gasteiger partial charge >= 0.3 is 0 Å². The van der Waals surface area contributed by atoms with Crippen molar-refractivity contribution in [1.82, 2.24) is 0 Å². The van der Waals surface area contributed by atoms with Crippen LogP contribution in [0, 0.1) is 0 Å². The quantitative estimate of drug-likeness (QED) is 0.684. The number of nitrogens with two attached hydrogens (primary N) is 1. The summed E-state index contributed by atoms with van der Waals surface area (Å²) in [5.41, 5.74) is 6.57. The highest BCUT2D eigenvalue weighted by Crippen LogP contribution is 2.25. The first-order chi connectivity index (χ1) is 9.71. The van der Waals surface area contributed by atoms with Gasteiger partial charge in [-0.1, -0.05) is 13.0 Å². The van der Waals surface area contributed by atoms with E-state index in [4.69, 9.17) is 19.9 Å². The Hall–Kier alpha value is -1.30. The summed E-state index contributed by atoms with van der Waals surface area (Å²) < 4.78 is 16.3. The Morgan fingerprint density at radius 2 is 2.00 bits per heavy atom. The summed E-state index contributed by atoms with van der Waals surface area (Å²) >= 11 is 0. The molecule has 20 heavy (non-hydrogen) atoms. The molecule has 0 fully saturated rings. The fourth-order valence-corrected chi connectivity index (χ4v) is 1.64. The third kappa shape index (κ3) is 5.77. The normalized spacial score (nSPS) is 12.2. The number of aliphatic hydroxyl groups is 1. The van der Waals surface area contributed by atoms with Gasteiger partial charge in [-0.15, -0.1) is 0 Å². The lowest BCUT2D eigenvalue weighted by Crippen LogP contribution is -2.23. The van der Waals surface area contributed by atoms with E-state index in [-0.39, 0.29) is 13.2 Å². The summed E-state index contributed by atoms with van der Waals surface area (Å²) in [6.07, 6.45) is 0.294. The summed E-state index contributed by atoms with van der Waals surface area (Å²) in [5, 5.41) is 9.70. The van der Waals surface area contributed by atoms with Crippen molar-refractivity contribution in [2.45, 2.75) is 32.9 Å². The fraction of sp³-hybridized carbons (Fsp3) is 0.600. The molecule has 1 unspecified atom stereocenters. The van der Waals surface area contributed by atoms with Gasteiger partial charge < -0.3 is 25.1 Å². The van der Waals surface area contributed by atoms with Crippen LogP contribution in [0.4, 0.5) is 0 Å². The zero-order valence-corrected chi connectivity index (χ0v) is 12.3. The monoisotopic (exact) mass is 283 g/mol. The first kappa shape index (κ1) is 16.8. The fourth-order valence-electron chi connectivity index (χ4n) is 1.64. The topological polar surface area (TPSA) is 73.9 Å². The lowest BCUT2D eigenvalue weighted by molar-refractivity contribution is 0.0162. The third-order valence-corrected chi connectivity index (χ3v) is 2.68. The smallest absolute Gasteiger partial charge is 0.127 e. The molecule has 1 aromatic rings. The van der Waals surface area contributed by atoms with Crippen LogP contribution in [-0.2, 0) is 11.3 Å². The predicted molar refractivity (Wildman–Crippen MR) is 78.1 cm³/mol. The Labute approximate surface area is 120 Å². The second kappa shape index (κ2) is 9.58. The van der Waals surface area contributed by atoms with Crippen molar-refractivity contribution >= 4 is 0 Å². The molecule has 0 aliphatic rings. The zero-order chi connectivity index (χ0) is 14.8. The molecule has 3 N–H and O–H groups in total. The highest BCUT2D eigenvalue weighted by atomic mass is 16.5. The summed E-state index contributed by atoms with van der Waals surface area (Å²) in [4.78, 5) is 0. The lowest BCUT2D eigenvalue weighted by atomic mass is 10.2. The molecule has 1 atom stereocenters. The average Bonchev–Trinajstić information content (AvgIpc) is 2.48. The van der Waals surface area contributed by atoms with E-state index in [0.29, 0.717) is 25.5 Å². The molecule has 1 rings (SSSR count). The van der Waals surface area contributed by atoms with Crippen molar-refractivity contribution in [3.8, 4) is 11.5 Å². The van der Waals surface area contributed by atoms with Crippen molar-refractivity contribution in [1.29, 1.82) is 0 Å². The van der Waals surface area contributed by atoms with E-state index in [0.717, 1.165) is 17.7 Å². The predicted octanol–water partition coefficient (Wildman–Crippen LogP) is 1.71. The molecule has 0 saturated carbocycles. The van der Waals surface area contributed by atoms with E-state index < -0.39 is 6.10 Å². The van der Waals surface area contributed by atoms with Crippen molar-refractivity contribution < 1.29 is 19.3 Å². The highest BCUT2D eigenvalue weighted by molar-refractivity contribution is 5.40. The molecule has 1 aromatic carbocycles. The first-order valence-electron chi connectivity index (χ1n) is 7.05. The molecule has 0 amide bonds. The average molecular weight is 283 g/mol. The molecule has 0 aliphatic heterocycles. The summed E-state index contributed by atoms with van der Waals surface area (Å²) in [6, 6.07) is 5.57. The first-order valence-corrected chi connectivity index (χ1v) is 7.05. The van der Waals surface area contributed by atoms with Crippen LogP contribution in [-0.4, -0.2) is 37.6 Å². The van der Waals surface area contributed by atoms with Gasteiger partial charge in [-0.05, 0) is 19.4 Å². The van der Waals surface area contributed by atoms with Gasteiger partial charge in [0.15, 0.2) is 0 Å². The van der Waals surface area contributed by atoms with E-state index in [1.54, 1.807) is 0 Å². The number of hydrogen-bond acceptors (Lipinski definition) is 5. The van der Waals surface area contributed by atoms with E-state index >= 15 is 0 Å². The standard InChI is InChI=1S/C15H25NO4/c1-3-7-19-14-6-5-12(9-16)15(8-14)20-11-13(17)10-18-4-2/h5-6,8,13,17H,3-4,7,9-11,16H2,1-2H3. The van der Waals surface area contributed by atoms with Crippen LogP contribution < -0.4 is 15.2 Å². The number of rotatable bonds is 10. The Morgan fingerprint density at radius 1 is 1.20 bits per heavy atom. The van der Waals surface area contributed by atoms with Crippen molar-refractivity contribution in [2.75, 3.05) is 26.4 Å². The van der Waals surface area contributed by atoms with Crippen molar-refractivity contribution in [3.05, 3.63) is 23.8 Å². The second-order valence-corrected chi connectivity index (χ2v) is 4.45. The van der Waals surface area contributed by atoms with Gasteiger partial charge in [0.1, 0.15) is 24.2 Å². The molecule has 5 heteroatoms. The van der Waals surface area contributed by atoms with Gasteiger partial charge in [0, 0.05) is 24.8 Å². The summed E-state index contributed by atoms with van der Waals surface area (Å²) in [7, 11) is 0. The Balaban J connectivity index is 2.60. The van der Waals surface area contributed by atoms with E-state index in [1.165, 1.54) is 0 Å². The van der Waals surface area contributed by atoms with Gasteiger partial charge in [0.2, 0.25) is 0 Å². The van der Waals surface area contributed by atoms with E-state index in [9.17, 15) is 5.11 Å². The maximum absolute atomic E-state index is 9.70. The Morgan fingerprint density at radius 3 is 2.65 bits per heavy atom. The molecule has 0 aliphatic carbocycles. The number of benzene rings is 1. The van der Waals surface area contributed by atoms with Gasteiger partial charge in [-0.2, -0.15) is 0 Å². The molecule has 0 heterocycles. The largest absolute Gasteiger partial charge is 0.493 e. The maximum Gasteiger partial charge on any atom is 0.127 e. The molecule has 0 spiro atoms. The Kier molecular flexibility index (Phi) is 8.02. The maximum atomic E-state index is 9.70. The van der Waals surface area contributed by atoms with Gasteiger partial charge in [0.25, 0.3) is 0 Å². The highest BCUT2D eigenvalue weighted by Gasteiger charge is 2.09. The minimum Gasteiger partial charge on any atom is -0.493 e. The van der Waals surface area contributed by atoms with E-state index in [1.807, 2.05) is 25.1 Å². The lowest BCUT2D eigenvalue weighted by Gasteiger charge is -2.15. The molecule has 5 nitrogen and oxygen atoms in total. The molecule has 0 aromatic heterocycles. The van der Waals surface area contributed by atoms with Crippen LogP contribution in [0.15, 0.2) is 18.2 Å². The van der Waals surface area contributed by atoms with Crippen LogP contribution in [0.1, 0.15) is 25.8 Å². The van der Waals surface area contributed by atoms with Crippen LogP contribution >= 0.6 is 0 Å². The van der Waals surface area contributed by atoms with Gasteiger partial charge in [-0.25, -0.2) is 0 Å². The Bertz CT molecular complexity index is 384. The summed E-state index contributed by atoms with van der Waals surface area (Å²) in [6.45, 7) is 5.99. The van der Waals surface area contributed by atoms with Crippen molar-refractivity contribution in [3.63, 3.8) is 0 Å². The van der Waals surface area contributed by atoms with Crippen LogP contribution in [0.3, 0.4) is 0 Å². The molecule has 0 radical (unpaired) electrons. The number of aliphatic hydroxyl groups excluding tert-OH is 1. The molecule has 0 bridgehead atoms. The van der Waals surface area contributed by atoms with Crippen LogP contribution in [0.5, 0.6) is 11.5 Å². The second-order valence-electron chi connectivity index (χ2n) is 4.45. The van der Waals surface area contributed by atoms with Crippen LogP contribution in [0.25, 0.3) is 0 Å². The van der Waals surface area contributed by atoms with Crippen LogP contribution in [0.2, 0.25) is 0 Å². The minimum absolute atomic E-state index is 0.171. The zero-order valence-electron chi connectivity index (χ0n) is 12.3. The van der Waals surface area contributed by atoms with Gasteiger partial charge in [0.05, 0.1) is 13.2 Å². The molecule has 0 saturated heterocycles. The SMILES string of the molecule is CCCOc1ccc(CN)c(OCC(O)COCC)c1. The molecular formula is C15H25NO4. The van der Waals surface area contributed by atoms with E-state index in [2.05, 4.69) is 6.92 Å².